The molecule has 29 heavy (non-hydrogen) atoms. The third-order valence-electron chi connectivity index (χ3n) is 5.19. The molecule has 154 valence electrons. The van der Waals surface area contributed by atoms with Crippen molar-refractivity contribution in [2.45, 2.75) is 47.1 Å². The Bertz CT molecular complexity index is 934. The number of carbonyl (C=O) groups is 2. The van der Waals surface area contributed by atoms with Crippen LogP contribution >= 0.6 is 0 Å². The van der Waals surface area contributed by atoms with Gasteiger partial charge in [0, 0.05) is 12.2 Å². The number of nitrogens with one attached hydrogen (secondary N) is 2. The number of carbonyl (C=O) groups excluding carboxylic acids is 2. The van der Waals surface area contributed by atoms with Crippen LogP contribution in [-0.2, 0) is 16.1 Å². The van der Waals surface area contributed by atoms with Crippen molar-refractivity contribution in [3.05, 3.63) is 53.1 Å². The highest BCUT2D eigenvalue weighted by atomic mass is 16.7. The van der Waals surface area contributed by atoms with Crippen LogP contribution in [0.3, 0.4) is 0 Å². The largest absolute Gasteiger partial charge is 0.454 e. The summed E-state index contributed by atoms with van der Waals surface area (Å²) in [7, 11) is 0. The number of fused-ring (bicyclic) bond motifs is 1. The van der Waals surface area contributed by atoms with Crippen molar-refractivity contribution in [3.8, 4) is 11.5 Å². The molecule has 0 aromatic heterocycles. The average Bonchev–Trinajstić information content (AvgIpc) is 3.15. The van der Waals surface area contributed by atoms with E-state index in [1.807, 2.05) is 43.3 Å². The van der Waals surface area contributed by atoms with E-state index in [9.17, 15) is 9.59 Å². The molecule has 0 spiro atoms. The second-order valence-corrected chi connectivity index (χ2v) is 8.14. The highest BCUT2D eigenvalue weighted by molar-refractivity contribution is 6.10. The number of anilines is 1. The van der Waals surface area contributed by atoms with Gasteiger partial charge in [-0.15, -0.1) is 0 Å². The first kappa shape index (κ1) is 20.7. The molecular formula is C23H28N2O4. The zero-order valence-corrected chi connectivity index (χ0v) is 17.6. The Morgan fingerprint density at radius 3 is 2.52 bits per heavy atom. The lowest BCUT2D eigenvalue weighted by molar-refractivity contribution is -0.138. The van der Waals surface area contributed by atoms with E-state index >= 15 is 0 Å². The predicted molar refractivity (Wildman–Crippen MR) is 112 cm³/mol. The zero-order valence-electron chi connectivity index (χ0n) is 17.6. The monoisotopic (exact) mass is 396 g/mol. The molecule has 2 N–H and O–H groups in total. The van der Waals surface area contributed by atoms with Crippen LogP contribution < -0.4 is 20.1 Å². The second kappa shape index (κ2) is 8.15. The third-order valence-corrected chi connectivity index (χ3v) is 5.19. The maximum Gasteiger partial charge on any atom is 0.239 e. The van der Waals surface area contributed by atoms with Crippen LogP contribution in [0.5, 0.6) is 11.5 Å². The molecule has 1 heterocycles. The minimum absolute atomic E-state index is 0.204. The van der Waals surface area contributed by atoms with Gasteiger partial charge in [-0.3, -0.25) is 9.59 Å². The Morgan fingerprint density at radius 1 is 1.07 bits per heavy atom. The SMILES string of the molecule is Cc1cccc(C(C)C)c1NC(=O)C(C)(C)C(=O)NCc1ccc2c(c1)OCO2. The number of rotatable bonds is 6. The maximum absolute atomic E-state index is 13.0. The Balaban J connectivity index is 1.68. The first-order chi connectivity index (χ1) is 13.7. The summed E-state index contributed by atoms with van der Waals surface area (Å²) in [6.45, 7) is 9.87. The van der Waals surface area contributed by atoms with Crippen LogP contribution in [0.4, 0.5) is 5.69 Å². The first-order valence-corrected chi connectivity index (χ1v) is 9.78. The van der Waals surface area contributed by atoms with E-state index in [2.05, 4.69) is 24.5 Å². The van der Waals surface area contributed by atoms with Crippen LogP contribution in [0, 0.1) is 12.3 Å². The molecular weight excluding hydrogens is 368 g/mol. The fourth-order valence-electron chi connectivity index (χ4n) is 3.17. The van der Waals surface area contributed by atoms with Gasteiger partial charge in [-0.2, -0.15) is 0 Å². The molecule has 0 bridgehead atoms. The Hall–Kier alpha value is -3.02. The van der Waals surface area contributed by atoms with Gasteiger partial charge in [-0.05, 0) is 55.5 Å². The Kier molecular flexibility index (Phi) is 5.82. The third kappa shape index (κ3) is 4.36. The lowest BCUT2D eigenvalue weighted by Gasteiger charge is -2.25. The number of para-hydroxylation sites is 1. The topological polar surface area (TPSA) is 76.7 Å². The highest BCUT2D eigenvalue weighted by Gasteiger charge is 2.36. The molecule has 0 saturated carbocycles. The molecule has 2 amide bonds. The lowest BCUT2D eigenvalue weighted by Crippen LogP contribution is -2.45. The van der Waals surface area contributed by atoms with Crippen LogP contribution in [0.2, 0.25) is 0 Å². The second-order valence-electron chi connectivity index (χ2n) is 8.14. The number of ether oxygens (including phenoxy) is 2. The molecule has 1 aliphatic heterocycles. The van der Waals surface area contributed by atoms with E-state index in [0.717, 1.165) is 22.4 Å². The average molecular weight is 396 g/mol. The van der Waals surface area contributed by atoms with Crippen molar-refractivity contribution in [1.82, 2.24) is 5.32 Å². The zero-order chi connectivity index (χ0) is 21.2. The van der Waals surface area contributed by atoms with Gasteiger partial charge in [0.25, 0.3) is 0 Å². The molecule has 0 aliphatic carbocycles. The van der Waals surface area contributed by atoms with Crippen molar-refractivity contribution in [2.75, 3.05) is 12.1 Å². The standard InChI is InChI=1S/C23H28N2O4/c1-14(2)17-8-6-7-15(3)20(17)25-22(27)23(4,5)21(26)24-12-16-9-10-18-19(11-16)29-13-28-18/h6-11,14H,12-13H2,1-5H3,(H,24,26)(H,25,27). The summed E-state index contributed by atoms with van der Waals surface area (Å²) in [5.74, 6) is 0.936. The van der Waals surface area contributed by atoms with Crippen molar-refractivity contribution in [3.63, 3.8) is 0 Å². The summed E-state index contributed by atoms with van der Waals surface area (Å²) >= 11 is 0. The summed E-state index contributed by atoms with van der Waals surface area (Å²) in [6, 6.07) is 11.4. The van der Waals surface area contributed by atoms with Crippen molar-refractivity contribution < 1.29 is 19.1 Å². The molecule has 2 aromatic carbocycles. The molecule has 0 unspecified atom stereocenters. The highest BCUT2D eigenvalue weighted by Crippen LogP contribution is 2.33. The minimum Gasteiger partial charge on any atom is -0.454 e. The molecule has 0 saturated heterocycles. The lowest BCUT2D eigenvalue weighted by atomic mass is 9.90. The molecule has 0 radical (unpaired) electrons. The predicted octanol–water partition coefficient (Wildman–Crippen LogP) is 4.13. The number of benzene rings is 2. The van der Waals surface area contributed by atoms with Gasteiger partial charge in [0.05, 0.1) is 0 Å². The fourth-order valence-corrected chi connectivity index (χ4v) is 3.17. The normalized spacial score (nSPS) is 12.8. The van der Waals surface area contributed by atoms with Gasteiger partial charge in [0.1, 0.15) is 5.41 Å². The van der Waals surface area contributed by atoms with Gasteiger partial charge < -0.3 is 20.1 Å². The van der Waals surface area contributed by atoms with Gasteiger partial charge in [0.2, 0.25) is 18.6 Å². The smallest absolute Gasteiger partial charge is 0.239 e. The molecule has 1 aliphatic rings. The quantitative estimate of drug-likeness (QED) is 0.720. The van der Waals surface area contributed by atoms with Gasteiger partial charge in [-0.25, -0.2) is 0 Å². The molecule has 0 atom stereocenters. The van der Waals surface area contributed by atoms with Gasteiger partial charge >= 0.3 is 0 Å². The van der Waals surface area contributed by atoms with E-state index in [1.54, 1.807) is 13.8 Å². The van der Waals surface area contributed by atoms with E-state index < -0.39 is 5.41 Å². The molecule has 6 heteroatoms. The van der Waals surface area contributed by atoms with E-state index in [4.69, 9.17) is 9.47 Å². The molecule has 3 rings (SSSR count). The Labute approximate surface area is 171 Å². The summed E-state index contributed by atoms with van der Waals surface area (Å²) < 4.78 is 10.7. The van der Waals surface area contributed by atoms with Crippen molar-refractivity contribution in [1.29, 1.82) is 0 Å². The summed E-state index contributed by atoms with van der Waals surface area (Å²) in [5.41, 5.74) is 2.45. The van der Waals surface area contributed by atoms with E-state index in [0.29, 0.717) is 18.0 Å². The van der Waals surface area contributed by atoms with Crippen molar-refractivity contribution in [2.24, 2.45) is 5.41 Å². The van der Waals surface area contributed by atoms with E-state index in [1.165, 1.54) is 0 Å². The van der Waals surface area contributed by atoms with E-state index in [-0.39, 0.29) is 24.5 Å². The van der Waals surface area contributed by atoms with Gasteiger partial charge in [0.15, 0.2) is 11.5 Å². The maximum atomic E-state index is 13.0. The van der Waals surface area contributed by atoms with Gasteiger partial charge in [-0.1, -0.05) is 38.1 Å². The van der Waals surface area contributed by atoms with Crippen LogP contribution in [0.15, 0.2) is 36.4 Å². The summed E-state index contributed by atoms with van der Waals surface area (Å²) in [6.07, 6.45) is 0. The van der Waals surface area contributed by atoms with Crippen molar-refractivity contribution >= 4 is 17.5 Å². The first-order valence-electron chi connectivity index (χ1n) is 9.78. The number of hydrogen-bond acceptors (Lipinski definition) is 4. The Morgan fingerprint density at radius 2 is 1.79 bits per heavy atom. The van der Waals surface area contributed by atoms with Crippen LogP contribution in [-0.4, -0.2) is 18.6 Å². The van der Waals surface area contributed by atoms with Crippen LogP contribution in [0.25, 0.3) is 0 Å². The molecule has 6 nitrogen and oxygen atoms in total. The summed E-state index contributed by atoms with van der Waals surface area (Å²) in [4.78, 5) is 25.7. The molecule has 2 aromatic rings. The number of aryl methyl sites for hydroxylation is 1. The fraction of sp³-hybridized carbons (Fsp3) is 0.391. The molecule has 0 fully saturated rings. The number of hydrogen-bond donors (Lipinski definition) is 2. The minimum atomic E-state index is -1.23. The van der Waals surface area contributed by atoms with Crippen LogP contribution in [0.1, 0.15) is 50.3 Å². The number of amides is 2. The summed E-state index contributed by atoms with van der Waals surface area (Å²) in [5, 5.41) is 5.83.